The summed E-state index contributed by atoms with van der Waals surface area (Å²) in [6.07, 6.45) is 9.58. The van der Waals surface area contributed by atoms with Crippen molar-refractivity contribution in [2.45, 2.75) is 69.9 Å². The van der Waals surface area contributed by atoms with Gasteiger partial charge in [0.05, 0.1) is 17.2 Å². The first-order valence-electron chi connectivity index (χ1n) is 14.7. The molecule has 1 aliphatic heterocycles. The zero-order chi connectivity index (χ0) is 26.6. The van der Waals surface area contributed by atoms with E-state index < -0.39 is 0 Å². The third kappa shape index (κ3) is 3.29. The average molecular weight is 525 g/mol. The number of carbonyl (C=O) groups is 2. The van der Waals surface area contributed by atoms with Crippen LogP contribution >= 0.6 is 0 Å². The third-order valence-corrected chi connectivity index (χ3v) is 11.8. The van der Waals surface area contributed by atoms with E-state index in [4.69, 9.17) is 14.2 Å². The van der Waals surface area contributed by atoms with E-state index in [0.717, 1.165) is 25.7 Å². The van der Waals surface area contributed by atoms with Gasteiger partial charge < -0.3 is 14.2 Å². The molecule has 5 nitrogen and oxygen atoms in total. The molecule has 0 amide bonds. The summed E-state index contributed by atoms with van der Waals surface area (Å²) < 4.78 is 18.9. The second-order valence-corrected chi connectivity index (χ2v) is 13.5. The number of hydrogen-bond acceptors (Lipinski definition) is 5. The Kier molecular flexibility index (Phi) is 4.95. The van der Waals surface area contributed by atoms with E-state index >= 15 is 0 Å². The molecule has 0 aromatic heterocycles. The van der Waals surface area contributed by atoms with E-state index in [1.807, 2.05) is 48.5 Å². The van der Waals surface area contributed by atoms with Crippen LogP contribution < -0.4 is 0 Å². The fraction of sp³-hybridized carbons (Fsp3) is 0.529. The molecule has 0 radical (unpaired) electrons. The van der Waals surface area contributed by atoms with Gasteiger partial charge in [-0.15, -0.1) is 0 Å². The molecule has 8 rings (SSSR count). The highest BCUT2D eigenvalue weighted by molar-refractivity contribution is 5.90. The Balaban J connectivity index is 1.03. The van der Waals surface area contributed by atoms with E-state index in [2.05, 4.69) is 26.0 Å². The van der Waals surface area contributed by atoms with Crippen LogP contribution in [0.4, 0.5) is 0 Å². The molecular weight excluding hydrogens is 488 g/mol. The van der Waals surface area contributed by atoms with Crippen molar-refractivity contribution in [2.24, 2.45) is 40.4 Å². The molecule has 6 aliphatic rings. The van der Waals surface area contributed by atoms with Crippen molar-refractivity contribution >= 4 is 11.9 Å². The summed E-state index contributed by atoms with van der Waals surface area (Å²) in [5.74, 6) is 2.36. The number of fused-ring (bicyclic) bond motifs is 6. The monoisotopic (exact) mass is 524 g/mol. The SMILES string of the molecule is C[C@]12CC[C@H]3[C@@H](C[C@H]4O[C@]45C[C@@H](OC(=O)c4ccccc4)C=C[C@]35C)[C@@H]1[C@@H]1C[C@@H]1[C@@H]2OC(=O)c1ccccc1. The summed E-state index contributed by atoms with van der Waals surface area (Å²) in [6.45, 7) is 4.79. The van der Waals surface area contributed by atoms with E-state index in [1.54, 1.807) is 12.1 Å². The minimum atomic E-state index is -0.272. The molecule has 4 saturated carbocycles. The van der Waals surface area contributed by atoms with Gasteiger partial charge >= 0.3 is 11.9 Å². The molecule has 0 N–H and O–H groups in total. The fourth-order valence-electron chi connectivity index (χ4n) is 9.94. The fourth-order valence-corrected chi connectivity index (χ4v) is 9.94. The van der Waals surface area contributed by atoms with Crippen molar-refractivity contribution in [1.82, 2.24) is 0 Å². The van der Waals surface area contributed by atoms with E-state index in [9.17, 15) is 9.59 Å². The van der Waals surface area contributed by atoms with Crippen molar-refractivity contribution < 1.29 is 23.8 Å². The Morgan fingerprint density at radius 3 is 2.21 bits per heavy atom. The second kappa shape index (κ2) is 8.06. The Morgan fingerprint density at radius 2 is 1.51 bits per heavy atom. The Bertz CT molecular complexity index is 1350. The number of esters is 2. The summed E-state index contributed by atoms with van der Waals surface area (Å²) in [6, 6.07) is 18.7. The van der Waals surface area contributed by atoms with Gasteiger partial charge in [-0.1, -0.05) is 56.3 Å². The molecule has 0 unspecified atom stereocenters. The molecule has 2 aromatic rings. The highest BCUT2D eigenvalue weighted by Crippen LogP contribution is 2.77. The standard InChI is InChI=1S/C34H36O5/c1-32-15-14-26-25(28(32)23-17-24(23)29(32)38-31(36)21-11-7-4-8-12-21)18-27-34(39-27)19-22(13-16-33(26,34)2)37-30(35)20-9-5-3-6-10-20/h3-13,16,22-29H,14-15,17-19H2,1-2H3/t22-,23+,24-,25+,26-,27+,28-,29-,32-,33+,34+/m0/s1. The number of carbonyl (C=O) groups excluding carboxylic acids is 2. The maximum Gasteiger partial charge on any atom is 0.338 e. The zero-order valence-electron chi connectivity index (χ0n) is 22.6. The maximum absolute atomic E-state index is 13.1. The lowest BCUT2D eigenvalue weighted by atomic mass is 9.45. The molecule has 11 atom stereocenters. The van der Waals surface area contributed by atoms with Crippen LogP contribution in [0.1, 0.15) is 66.7 Å². The Labute approximate surface area is 229 Å². The van der Waals surface area contributed by atoms with Crippen LogP contribution in [0.15, 0.2) is 72.8 Å². The molecule has 2 aromatic carbocycles. The van der Waals surface area contributed by atoms with Crippen LogP contribution in [-0.4, -0.2) is 35.9 Å². The molecule has 1 saturated heterocycles. The molecule has 202 valence electrons. The topological polar surface area (TPSA) is 65.1 Å². The van der Waals surface area contributed by atoms with Crippen molar-refractivity contribution in [3.8, 4) is 0 Å². The summed E-state index contributed by atoms with van der Waals surface area (Å²) in [5.41, 5.74) is 0.950. The predicted molar refractivity (Wildman–Crippen MR) is 145 cm³/mol. The summed E-state index contributed by atoms with van der Waals surface area (Å²) in [5, 5.41) is 0. The highest BCUT2D eigenvalue weighted by atomic mass is 16.6. The molecule has 5 heteroatoms. The van der Waals surface area contributed by atoms with Crippen LogP contribution in [0.5, 0.6) is 0 Å². The van der Waals surface area contributed by atoms with Crippen molar-refractivity contribution in [2.75, 3.05) is 0 Å². The van der Waals surface area contributed by atoms with Crippen LogP contribution in [-0.2, 0) is 14.2 Å². The molecular formula is C34H36O5. The number of hydrogen-bond donors (Lipinski definition) is 0. The highest BCUT2D eigenvalue weighted by Gasteiger charge is 2.78. The van der Waals surface area contributed by atoms with Gasteiger partial charge in [-0.3, -0.25) is 0 Å². The molecule has 0 bridgehead atoms. The largest absolute Gasteiger partial charge is 0.458 e. The van der Waals surface area contributed by atoms with Gasteiger partial charge in [-0.2, -0.15) is 0 Å². The first kappa shape index (κ1) is 23.9. The first-order valence-corrected chi connectivity index (χ1v) is 14.7. The van der Waals surface area contributed by atoms with Crippen LogP contribution in [0.2, 0.25) is 0 Å². The summed E-state index contributed by atoms with van der Waals surface area (Å²) >= 11 is 0. The minimum absolute atomic E-state index is 0.00412. The maximum atomic E-state index is 13.1. The van der Waals surface area contributed by atoms with Crippen LogP contribution in [0.3, 0.4) is 0 Å². The molecule has 1 spiro atoms. The Hall–Kier alpha value is -2.92. The van der Waals surface area contributed by atoms with Crippen LogP contribution in [0.25, 0.3) is 0 Å². The predicted octanol–water partition coefficient (Wildman–Crippen LogP) is 6.24. The normalized spacial score (nSPS) is 46.0. The number of ether oxygens (including phenoxy) is 3. The van der Waals surface area contributed by atoms with E-state index in [0.29, 0.717) is 40.7 Å². The first-order chi connectivity index (χ1) is 18.8. The van der Waals surface area contributed by atoms with Gasteiger partial charge in [-0.05, 0) is 85.6 Å². The second-order valence-electron chi connectivity index (χ2n) is 13.5. The van der Waals surface area contributed by atoms with Gasteiger partial charge in [0, 0.05) is 17.3 Å². The molecule has 5 aliphatic carbocycles. The lowest BCUT2D eigenvalue weighted by Gasteiger charge is -2.58. The van der Waals surface area contributed by atoms with E-state index in [-0.39, 0.29) is 46.7 Å². The number of benzene rings is 2. The molecule has 5 fully saturated rings. The third-order valence-electron chi connectivity index (χ3n) is 11.8. The van der Waals surface area contributed by atoms with Crippen LogP contribution in [0, 0.1) is 40.4 Å². The lowest BCUT2D eigenvalue weighted by Crippen LogP contribution is -2.58. The number of rotatable bonds is 4. The smallest absolute Gasteiger partial charge is 0.338 e. The summed E-state index contributed by atoms with van der Waals surface area (Å²) in [7, 11) is 0. The van der Waals surface area contributed by atoms with Gasteiger partial charge in [0.2, 0.25) is 0 Å². The van der Waals surface area contributed by atoms with Gasteiger partial charge in [-0.25, -0.2) is 9.59 Å². The lowest BCUT2D eigenvalue weighted by molar-refractivity contribution is -0.106. The number of epoxide rings is 1. The van der Waals surface area contributed by atoms with Gasteiger partial charge in [0.15, 0.2) is 0 Å². The average Bonchev–Trinajstić information content (AvgIpc) is 3.86. The van der Waals surface area contributed by atoms with Gasteiger partial charge in [0.25, 0.3) is 0 Å². The Morgan fingerprint density at radius 1 is 0.846 bits per heavy atom. The minimum Gasteiger partial charge on any atom is -0.458 e. The van der Waals surface area contributed by atoms with Crippen molar-refractivity contribution in [3.05, 3.63) is 83.9 Å². The zero-order valence-corrected chi connectivity index (χ0v) is 22.6. The van der Waals surface area contributed by atoms with Crippen molar-refractivity contribution in [3.63, 3.8) is 0 Å². The van der Waals surface area contributed by atoms with Crippen molar-refractivity contribution in [1.29, 1.82) is 0 Å². The molecule has 1 heterocycles. The van der Waals surface area contributed by atoms with Gasteiger partial charge in [0.1, 0.15) is 17.8 Å². The quantitative estimate of drug-likeness (QED) is 0.269. The summed E-state index contributed by atoms with van der Waals surface area (Å²) in [4.78, 5) is 25.8. The molecule has 39 heavy (non-hydrogen) atoms. The van der Waals surface area contributed by atoms with E-state index in [1.165, 1.54) is 6.42 Å².